The normalized spacial score (nSPS) is 10.2. The quantitative estimate of drug-likeness (QED) is 0.410. The first kappa shape index (κ1) is 13.7. The smallest absolute Gasteiger partial charge is 0.316 e. The van der Waals surface area contributed by atoms with Gasteiger partial charge in [0.25, 0.3) is 0 Å². The highest BCUT2D eigenvalue weighted by Crippen LogP contribution is 2.17. The zero-order valence-corrected chi connectivity index (χ0v) is 10.7. The SMILES string of the molecule is C=CCn1c(COC)nnc1SCC(=O)OC. The second-order valence-electron chi connectivity index (χ2n) is 3.10. The predicted molar refractivity (Wildman–Crippen MR) is 63.7 cm³/mol. The van der Waals surface area contributed by atoms with Crippen molar-refractivity contribution in [1.82, 2.24) is 14.8 Å². The molecule has 0 atom stereocenters. The molecule has 0 radical (unpaired) electrons. The fraction of sp³-hybridized carbons (Fsp3) is 0.500. The molecule has 1 aromatic rings. The van der Waals surface area contributed by atoms with Crippen molar-refractivity contribution in [2.45, 2.75) is 18.3 Å². The number of hydrogen-bond donors (Lipinski definition) is 0. The van der Waals surface area contributed by atoms with Gasteiger partial charge in [-0.25, -0.2) is 0 Å². The third-order valence-corrected chi connectivity index (χ3v) is 2.87. The zero-order valence-electron chi connectivity index (χ0n) is 9.88. The molecule has 0 bridgehead atoms. The number of aromatic nitrogens is 3. The molecule has 0 aromatic carbocycles. The summed E-state index contributed by atoms with van der Waals surface area (Å²) in [6, 6.07) is 0. The van der Waals surface area contributed by atoms with Crippen LogP contribution in [0.15, 0.2) is 17.8 Å². The summed E-state index contributed by atoms with van der Waals surface area (Å²) < 4.78 is 11.4. The Hall–Kier alpha value is -1.34. The van der Waals surface area contributed by atoms with Crippen molar-refractivity contribution in [3.05, 3.63) is 18.5 Å². The first-order chi connectivity index (χ1) is 8.22. The van der Waals surface area contributed by atoms with Gasteiger partial charge in [-0.15, -0.1) is 16.8 Å². The second-order valence-corrected chi connectivity index (χ2v) is 4.04. The Morgan fingerprint density at radius 1 is 1.53 bits per heavy atom. The number of nitrogens with zero attached hydrogens (tertiary/aromatic N) is 3. The van der Waals surface area contributed by atoms with Gasteiger partial charge in [0.05, 0.1) is 12.9 Å². The summed E-state index contributed by atoms with van der Waals surface area (Å²) in [6.07, 6.45) is 1.74. The Morgan fingerprint density at radius 2 is 2.29 bits per heavy atom. The molecule has 6 nitrogen and oxygen atoms in total. The van der Waals surface area contributed by atoms with Crippen LogP contribution in [0.25, 0.3) is 0 Å². The molecule has 0 spiro atoms. The number of esters is 1. The highest BCUT2D eigenvalue weighted by atomic mass is 32.2. The van der Waals surface area contributed by atoms with Crippen LogP contribution in [-0.2, 0) is 27.4 Å². The van der Waals surface area contributed by atoms with E-state index in [9.17, 15) is 4.79 Å². The van der Waals surface area contributed by atoms with Gasteiger partial charge in [-0.3, -0.25) is 4.79 Å². The van der Waals surface area contributed by atoms with E-state index >= 15 is 0 Å². The number of ether oxygens (including phenoxy) is 2. The molecule has 17 heavy (non-hydrogen) atoms. The van der Waals surface area contributed by atoms with Crippen molar-refractivity contribution in [1.29, 1.82) is 0 Å². The van der Waals surface area contributed by atoms with Crippen LogP contribution in [0.2, 0.25) is 0 Å². The first-order valence-corrected chi connectivity index (χ1v) is 5.93. The zero-order chi connectivity index (χ0) is 12.7. The summed E-state index contributed by atoms with van der Waals surface area (Å²) in [6.45, 7) is 4.62. The third-order valence-electron chi connectivity index (χ3n) is 1.93. The Kier molecular flexibility index (Phi) is 5.71. The van der Waals surface area contributed by atoms with Gasteiger partial charge in [0.15, 0.2) is 11.0 Å². The van der Waals surface area contributed by atoms with Crippen LogP contribution in [0.4, 0.5) is 0 Å². The van der Waals surface area contributed by atoms with E-state index in [-0.39, 0.29) is 11.7 Å². The molecular weight excluding hydrogens is 242 g/mol. The lowest BCUT2D eigenvalue weighted by atomic mass is 10.5. The lowest BCUT2D eigenvalue weighted by Crippen LogP contribution is -2.07. The molecule has 94 valence electrons. The fourth-order valence-electron chi connectivity index (χ4n) is 1.16. The van der Waals surface area contributed by atoms with E-state index in [4.69, 9.17) is 4.74 Å². The molecule has 0 saturated heterocycles. The van der Waals surface area contributed by atoms with E-state index in [0.717, 1.165) is 0 Å². The van der Waals surface area contributed by atoms with Crippen LogP contribution < -0.4 is 0 Å². The summed E-state index contributed by atoms with van der Waals surface area (Å²) in [5.41, 5.74) is 0. The van der Waals surface area contributed by atoms with Crippen molar-refractivity contribution >= 4 is 17.7 Å². The molecule has 1 aromatic heterocycles. The maximum absolute atomic E-state index is 11.0. The van der Waals surface area contributed by atoms with E-state index in [1.165, 1.54) is 18.9 Å². The van der Waals surface area contributed by atoms with Crippen LogP contribution in [0.1, 0.15) is 5.82 Å². The molecule has 0 aliphatic heterocycles. The minimum atomic E-state index is -0.295. The molecule has 0 N–H and O–H groups in total. The van der Waals surface area contributed by atoms with Crippen LogP contribution in [0.3, 0.4) is 0 Å². The van der Waals surface area contributed by atoms with Crippen LogP contribution >= 0.6 is 11.8 Å². The van der Waals surface area contributed by atoms with Gasteiger partial charge < -0.3 is 14.0 Å². The van der Waals surface area contributed by atoms with Crippen LogP contribution in [-0.4, -0.2) is 40.7 Å². The number of rotatable bonds is 7. The lowest BCUT2D eigenvalue weighted by molar-refractivity contribution is -0.137. The number of carbonyl (C=O) groups is 1. The molecule has 7 heteroatoms. The molecule has 0 unspecified atom stereocenters. The number of allylic oxidation sites excluding steroid dienone is 1. The maximum atomic E-state index is 11.0. The van der Waals surface area contributed by atoms with E-state index in [0.29, 0.717) is 24.1 Å². The molecule has 0 aliphatic rings. The highest BCUT2D eigenvalue weighted by Gasteiger charge is 2.13. The van der Waals surface area contributed by atoms with Gasteiger partial charge in [-0.2, -0.15) is 0 Å². The van der Waals surface area contributed by atoms with Gasteiger partial charge >= 0.3 is 5.97 Å². The van der Waals surface area contributed by atoms with E-state index < -0.39 is 0 Å². The van der Waals surface area contributed by atoms with Crippen molar-refractivity contribution < 1.29 is 14.3 Å². The molecule has 0 aliphatic carbocycles. The maximum Gasteiger partial charge on any atom is 0.316 e. The Labute approximate surface area is 104 Å². The van der Waals surface area contributed by atoms with Crippen molar-refractivity contribution in [3.63, 3.8) is 0 Å². The van der Waals surface area contributed by atoms with E-state index in [1.54, 1.807) is 13.2 Å². The van der Waals surface area contributed by atoms with Crippen LogP contribution in [0, 0.1) is 0 Å². The third kappa shape index (κ3) is 3.86. The van der Waals surface area contributed by atoms with Crippen molar-refractivity contribution in [2.75, 3.05) is 20.0 Å². The predicted octanol–water partition coefficient (Wildman–Crippen LogP) is 0.876. The molecular formula is C10H15N3O3S. The van der Waals surface area contributed by atoms with E-state index in [2.05, 4.69) is 21.5 Å². The largest absolute Gasteiger partial charge is 0.468 e. The molecule has 0 fully saturated rings. The summed E-state index contributed by atoms with van der Waals surface area (Å²) >= 11 is 1.28. The summed E-state index contributed by atoms with van der Waals surface area (Å²) in [5.74, 6) is 0.620. The number of hydrogen-bond acceptors (Lipinski definition) is 6. The molecule has 1 heterocycles. The second kappa shape index (κ2) is 7.08. The van der Waals surface area contributed by atoms with Crippen molar-refractivity contribution in [2.24, 2.45) is 0 Å². The van der Waals surface area contributed by atoms with E-state index in [1.807, 2.05) is 4.57 Å². The van der Waals surface area contributed by atoms with Gasteiger partial charge in [0.2, 0.25) is 0 Å². The fourth-order valence-corrected chi connectivity index (χ4v) is 1.96. The minimum Gasteiger partial charge on any atom is -0.468 e. The standard InChI is InChI=1S/C10H15N3O3S/c1-4-5-13-8(6-15-2)11-12-10(13)17-7-9(14)16-3/h4H,1,5-7H2,2-3H3. The van der Waals surface area contributed by atoms with Gasteiger partial charge in [0, 0.05) is 13.7 Å². The monoisotopic (exact) mass is 257 g/mol. The van der Waals surface area contributed by atoms with Crippen LogP contribution in [0.5, 0.6) is 0 Å². The van der Waals surface area contributed by atoms with Gasteiger partial charge in [-0.1, -0.05) is 17.8 Å². The first-order valence-electron chi connectivity index (χ1n) is 4.94. The molecule has 0 amide bonds. The van der Waals surface area contributed by atoms with Crippen molar-refractivity contribution in [3.8, 4) is 0 Å². The number of thioether (sulfide) groups is 1. The lowest BCUT2D eigenvalue weighted by Gasteiger charge is -2.06. The average Bonchev–Trinajstić information content (AvgIpc) is 2.70. The highest BCUT2D eigenvalue weighted by molar-refractivity contribution is 7.99. The van der Waals surface area contributed by atoms with Gasteiger partial charge in [-0.05, 0) is 0 Å². The number of methoxy groups -OCH3 is 2. The molecule has 0 saturated carbocycles. The summed E-state index contributed by atoms with van der Waals surface area (Å²) in [7, 11) is 2.95. The summed E-state index contributed by atoms with van der Waals surface area (Å²) in [5, 5.41) is 8.65. The van der Waals surface area contributed by atoms with Gasteiger partial charge in [0.1, 0.15) is 6.61 Å². The topological polar surface area (TPSA) is 66.2 Å². The summed E-state index contributed by atoms with van der Waals surface area (Å²) in [4.78, 5) is 11.0. The average molecular weight is 257 g/mol. The Morgan fingerprint density at radius 3 is 2.88 bits per heavy atom. The number of carbonyl (C=O) groups excluding carboxylic acids is 1. The molecule has 1 rings (SSSR count). The Balaban J connectivity index is 2.76. The Bertz CT molecular complexity index is 392. The minimum absolute atomic E-state index is 0.207.